The number of hydrogen-bond donors (Lipinski definition) is 2. The number of nitrogens with one attached hydrogen (secondary N) is 2. The average Bonchev–Trinajstić information content (AvgIpc) is 2.92. The van der Waals surface area contributed by atoms with Crippen LogP contribution in [0.25, 0.3) is 0 Å². The minimum absolute atomic E-state index is 0.0391. The van der Waals surface area contributed by atoms with Crippen LogP contribution >= 0.6 is 0 Å². The van der Waals surface area contributed by atoms with Gasteiger partial charge in [-0.2, -0.15) is 5.10 Å². The molecule has 0 unspecified atom stereocenters. The molecule has 0 atom stereocenters. The first-order valence-electron chi connectivity index (χ1n) is 6.58. The molecule has 0 aliphatic carbocycles. The summed E-state index contributed by atoms with van der Waals surface area (Å²) in [4.78, 5) is 15.6. The monoisotopic (exact) mass is 273 g/mol. The van der Waals surface area contributed by atoms with Crippen LogP contribution in [0, 0.1) is 0 Å². The van der Waals surface area contributed by atoms with Crippen LogP contribution in [0.15, 0.2) is 36.9 Å². The second kappa shape index (κ2) is 6.81. The molecule has 2 rings (SSSR count). The van der Waals surface area contributed by atoms with Gasteiger partial charge in [-0.1, -0.05) is 26.0 Å². The van der Waals surface area contributed by atoms with Crippen LogP contribution in [0.1, 0.15) is 19.4 Å². The molecule has 1 aromatic carbocycles. The van der Waals surface area contributed by atoms with Crippen molar-refractivity contribution in [3.8, 4) is 0 Å². The molecule has 2 aromatic rings. The van der Waals surface area contributed by atoms with Gasteiger partial charge in [0.1, 0.15) is 12.7 Å². The van der Waals surface area contributed by atoms with Crippen molar-refractivity contribution >= 4 is 11.6 Å². The van der Waals surface area contributed by atoms with Crippen molar-refractivity contribution < 1.29 is 4.79 Å². The second-order valence-corrected chi connectivity index (χ2v) is 4.87. The molecule has 1 amide bonds. The molecule has 6 heteroatoms. The van der Waals surface area contributed by atoms with Crippen molar-refractivity contribution in [3.63, 3.8) is 0 Å². The van der Waals surface area contributed by atoms with Crippen molar-refractivity contribution in [3.05, 3.63) is 42.5 Å². The van der Waals surface area contributed by atoms with Crippen molar-refractivity contribution in [2.24, 2.45) is 0 Å². The standard InChI is InChI=1S/C14H19N5O/c1-11(2)16-7-14(20)18-13-5-3-12(4-6-13)8-19-10-15-9-17-19/h3-6,9-11,16H,7-8H2,1-2H3,(H,18,20). The van der Waals surface area contributed by atoms with Crippen LogP contribution < -0.4 is 10.6 Å². The Morgan fingerprint density at radius 1 is 1.30 bits per heavy atom. The van der Waals surface area contributed by atoms with E-state index in [9.17, 15) is 4.79 Å². The Kier molecular flexibility index (Phi) is 4.84. The van der Waals surface area contributed by atoms with Gasteiger partial charge in [0.25, 0.3) is 0 Å². The molecule has 0 radical (unpaired) electrons. The summed E-state index contributed by atoms with van der Waals surface area (Å²) in [5, 5.41) is 9.97. The minimum Gasteiger partial charge on any atom is -0.325 e. The van der Waals surface area contributed by atoms with Crippen LogP contribution in [0.5, 0.6) is 0 Å². The van der Waals surface area contributed by atoms with Crippen molar-refractivity contribution in [1.82, 2.24) is 20.1 Å². The molecule has 0 aliphatic heterocycles. The second-order valence-electron chi connectivity index (χ2n) is 4.87. The summed E-state index contributed by atoms with van der Waals surface area (Å²) in [5.74, 6) is -0.0391. The summed E-state index contributed by atoms with van der Waals surface area (Å²) in [6.45, 7) is 5.00. The number of anilines is 1. The molecule has 1 heterocycles. The third-order valence-corrected chi connectivity index (χ3v) is 2.72. The number of rotatable bonds is 6. The number of carbonyl (C=O) groups excluding carboxylic acids is 1. The normalized spacial score (nSPS) is 10.8. The SMILES string of the molecule is CC(C)NCC(=O)Nc1ccc(Cn2cncn2)cc1. The Bertz CT molecular complexity index is 533. The largest absolute Gasteiger partial charge is 0.325 e. The molecule has 2 N–H and O–H groups in total. The van der Waals surface area contributed by atoms with E-state index in [1.54, 1.807) is 11.0 Å². The van der Waals surface area contributed by atoms with E-state index in [-0.39, 0.29) is 5.91 Å². The predicted octanol–water partition coefficient (Wildman–Crippen LogP) is 1.26. The summed E-state index contributed by atoms with van der Waals surface area (Å²) < 4.78 is 1.75. The van der Waals surface area contributed by atoms with Gasteiger partial charge in [0, 0.05) is 11.7 Å². The zero-order valence-electron chi connectivity index (χ0n) is 11.7. The summed E-state index contributed by atoms with van der Waals surface area (Å²) in [6, 6.07) is 8.00. The van der Waals surface area contributed by atoms with Crippen LogP contribution in [0.2, 0.25) is 0 Å². The molecule has 106 valence electrons. The van der Waals surface area contributed by atoms with E-state index < -0.39 is 0 Å². The minimum atomic E-state index is -0.0391. The van der Waals surface area contributed by atoms with Gasteiger partial charge in [0.05, 0.1) is 13.1 Å². The zero-order valence-corrected chi connectivity index (χ0v) is 11.7. The van der Waals surface area contributed by atoms with E-state index in [0.29, 0.717) is 19.1 Å². The number of carbonyl (C=O) groups is 1. The molecule has 1 aromatic heterocycles. The van der Waals surface area contributed by atoms with Gasteiger partial charge in [-0.05, 0) is 17.7 Å². The summed E-state index contributed by atoms with van der Waals surface area (Å²) >= 11 is 0. The van der Waals surface area contributed by atoms with Gasteiger partial charge in [0.2, 0.25) is 5.91 Å². The summed E-state index contributed by atoms with van der Waals surface area (Å²) in [5.41, 5.74) is 1.90. The van der Waals surface area contributed by atoms with Crippen molar-refractivity contribution in [2.75, 3.05) is 11.9 Å². The fourth-order valence-corrected chi connectivity index (χ4v) is 1.70. The van der Waals surface area contributed by atoms with Gasteiger partial charge in [-0.25, -0.2) is 9.67 Å². The Labute approximate surface area is 118 Å². The Hall–Kier alpha value is -2.21. The first-order chi connectivity index (χ1) is 9.63. The Balaban J connectivity index is 1.86. The smallest absolute Gasteiger partial charge is 0.238 e. The lowest BCUT2D eigenvalue weighted by atomic mass is 10.2. The quantitative estimate of drug-likeness (QED) is 0.831. The fourth-order valence-electron chi connectivity index (χ4n) is 1.70. The number of aromatic nitrogens is 3. The topological polar surface area (TPSA) is 71.8 Å². The number of nitrogens with zero attached hydrogens (tertiary/aromatic N) is 3. The van der Waals surface area contributed by atoms with Crippen molar-refractivity contribution in [1.29, 1.82) is 0 Å². The lowest BCUT2D eigenvalue weighted by Gasteiger charge is -2.09. The molecule has 0 saturated carbocycles. The highest BCUT2D eigenvalue weighted by Crippen LogP contribution is 2.10. The molecule has 0 saturated heterocycles. The van der Waals surface area contributed by atoms with E-state index in [4.69, 9.17) is 0 Å². The molecule has 0 bridgehead atoms. The van der Waals surface area contributed by atoms with Gasteiger partial charge in [-0.15, -0.1) is 0 Å². The maximum atomic E-state index is 11.7. The highest BCUT2D eigenvalue weighted by atomic mass is 16.1. The molecule has 6 nitrogen and oxygen atoms in total. The van der Waals surface area contributed by atoms with Crippen LogP contribution in [-0.2, 0) is 11.3 Å². The van der Waals surface area contributed by atoms with Gasteiger partial charge < -0.3 is 10.6 Å². The molecule has 0 aliphatic rings. The first-order valence-corrected chi connectivity index (χ1v) is 6.58. The van der Waals surface area contributed by atoms with Crippen LogP contribution in [-0.4, -0.2) is 33.3 Å². The van der Waals surface area contributed by atoms with Crippen LogP contribution in [0.4, 0.5) is 5.69 Å². The van der Waals surface area contributed by atoms with Gasteiger partial charge >= 0.3 is 0 Å². The molecule has 20 heavy (non-hydrogen) atoms. The predicted molar refractivity (Wildman–Crippen MR) is 77.3 cm³/mol. The molecular weight excluding hydrogens is 254 g/mol. The average molecular weight is 273 g/mol. The first kappa shape index (κ1) is 14.2. The van der Waals surface area contributed by atoms with Gasteiger partial charge in [0.15, 0.2) is 0 Å². The molecule has 0 spiro atoms. The van der Waals surface area contributed by atoms with E-state index in [2.05, 4.69) is 20.7 Å². The molecule has 0 fully saturated rings. The van der Waals surface area contributed by atoms with E-state index in [1.165, 1.54) is 6.33 Å². The zero-order chi connectivity index (χ0) is 14.4. The highest BCUT2D eigenvalue weighted by molar-refractivity contribution is 5.92. The number of amides is 1. The maximum Gasteiger partial charge on any atom is 0.238 e. The fraction of sp³-hybridized carbons (Fsp3) is 0.357. The third kappa shape index (κ3) is 4.47. The number of benzene rings is 1. The highest BCUT2D eigenvalue weighted by Gasteiger charge is 2.03. The van der Waals surface area contributed by atoms with Crippen LogP contribution in [0.3, 0.4) is 0 Å². The Morgan fingerprint density at radius 3 is 2.65 bits per heavy atom. The van der Waals surface area contributed by atoms with E-state index in [1.807, 2.05) is 38.1 Å². The lowest BCUT2D eigenvalue weighted by molar-refractivity contribution is -0.115. The lowest BCUT2D eigenvalue weighted by Crippen LogP contribution is -2.32. The Morgan fingerprint density at radius 2 is 2.05 bits per heavy atom. The van der Waals surface area contributed by atoms with Gasteiger partial charge in [-0.3, -0.25) is 4.79 Å². The number of hydrogen-bond acceptors (Lipinski definition) is 4. The maximum absolute atomic E-state index is 11.7. The van der Waals surface area contributed by atoms with E-state index >= 15 is 0 Å². The summed E-state index contributed by atoms with van der Waals surface area (Å²) in [7, 11) is 0. The van der Waals surface area contributed by atoms with Crippen molar-refractivity contribution in [2.45, 2.75) is 26.4 Å². The summed E-state index contributed by atoms with van der Waals surface area (Å²) in [6.07, 6.45) is 3.18. The third-order valence-electron chi connectivity index (χ3n) is 2.72. The van der Waals surface area contributed by atoms with E-state index in [0.717, 1.165) is 11.3 Å². The molecular formula is C14H19N5O.